The average molecular weight is 850 g/mol. The van der Waals surface area contributed by atoms with Crippen LogP contribution in [0.2, 0.25) is 0 Å². The van der Waals surface area contributed by atoms with E-state index < -0.39 is 50.5 Å². The van der Waals surface area contributed by atoms with Crippen molar-refractivity contribution in [2.45, 2.75) is 160 Å². The van der Waals surface area contributed by atoms with E-state index in [9.17, 15) is 30.3 Å². The summed E-state index contributed by atoms with van der Waals surface area (Å²) >= 11 is 0. The van der Waals surface area contributed by atoms with Crippen LogP contribution in [-0.4, -0.2) is 90.9 Å². The fourth-order valence-electron chi connectivity index (χ4n) is 16.2. The molecule has 5 heterocycles. The Morgan fingerprint density at radius 1 is 0.932 bits per heavy atom. The molecule has 4 spiro atoms. The molecular formula is C48H67NO8S2. The van der Waals surface area contributed by atoms with E-state index in [1.54, 1.807) is 33.7 Å². The standard InChI is InChI=1S/C48H67NO8S2/c1-27(2)28(3)39-40(57-39)42(4,55)35-11-15-48(56)36-23-37(52)47-24-34(51)38(53)33-10-14-45(36,43(33,47)5)16-17-46(35,48)13-9-29-20-31(22-32(50)21-29)49-19-18-44(41(49)54)12-7-6-8-30(44)25-58-59-26-47/h20-23,27-28,30,33-35,38-40,50-51,53,55-56H,6-19,24-26H2,1-5H3/t28-,30-,33+,34-,35-,38+,39+,40-,42-,43-,44+,45+,46-,47-,48-/m1/s1. The van der Waals surface area contributed by atoms with E-state index >= 15 is 4.79 Å². The zero-order valence-corrected chi connectivity index (χ0v) is 37.4. The van der Waals surface area contributed by atoms with Crippen LogP contribution in [0.1, 0.15) is 124 Å². The van der Waals surface area contributed by atoms with E-state index in [4.69, 9.17) is 4.74 Å². The predicted octanol–water partition coefficient (Wildman–Crippen LogP) is 7.39. The Morgan fingerprint density at radius 2 is 1.73 bits per heavy atom. The molecule has 5 N–H and O–H groups in total. The van der Waals surface area contributed by atoms with Crippen molar-refractivity contribution in [1.82, 2.24) is 0 Å². The lowest BCUT2D eigenvalue weighted by Crippen LogP contribution is -2.71. The Hall–Kier alpha value is -1.60. The molecule has 324 valence electrons. The number of phenolic OH excluding ortho intramolecular Hbond substituents is 1. The number of benzene rings is 1. The molecule has 11 heteroatoms. The van der Waals surface area contributed by atoms with Crippen LogP contribution in [0.3, 0.4) is 0 Å². The predicted molar refractivity (Wildman–Crippen MR) is 231 cm³/mol. The molecule has 0 aromatic heterocycles. The number of ketones is 1. The minimum absolute atomic E-state index is 0.0429. The molecule has 59 heavy (non-hydrogen) atoms. The van der Waals surface area contributed by atoms with Gasteiger partial charge in [0.05, 0.1) is 40.3 Å². The van der Waals surface area contributed by atoms with Crippen molar-refractivity contribution in [3.63, 3.8) is 0 Å². The summed E-state index contributed by atoms with van der Waals surface area (Å²) in [4.78, 5) is 32.0. The molecule has 9 nitrogen and oxygen atoms in total. The molecule has 11 aliphatic rings. The summed E-state index contributed by atoms with van der Waals surface area (Å²) in [7, 11) is 3.46. The Morgan fingerprint density at radius 3 is 2.51 bits per heavy atom. The summed E-state index contributed by atoms with van der Waals surface area (Å²) < 4.78 is 6.39. The highest BCUT2D eigenvalue weighted by Crippen LogP contribution is 2.81. The minimum atomic E-state index is -1.41. The summed E-state index contributed by atoms with van der Waals surface area (Å²) in [6.07, 6.45) is 9.08. The molecule has 15 atom stereocenters. The molecule has 6 aliphatic carbocycles. The number of ether oxygens (including phenoxy) is 1. The molecule has 1 amide bonds. The van der Waals surface area contributed by atoms with Gasteiger partial charge in [-0.25, -0.2) is 0 Å². The molecule has 12 rings (SSSR count). The summed E-state index contributed by atoms with van der Waals surface area (Å²) in [5.41, 5.74) is -3.72. The van der Waals surface area contributed by atoms with Crippen molar-refractivity contribution >= 4 is 39.0 Å². The van der Waals surface area contributed by atoms with Crippen molar-refractivity contribution in [2.75, 3.05) is 23.0 Å². The highest BCUT2D eigenvalue weighted by molar-refractivity contribution is 8.76. The second-order valence-electron chi connectivity index (χ2n) is 21.9. The topological polar surface area (TPSA) is 151 Å². The Bertz CT molecular complexity index is 1960. The molecule has 7 fully saturated rings. The van der Waals surface area contributed by atoms with Gasteiger partial charge in [0, 0.05) is 40.6 Å². The minimum Gasteiger partial charge on any atom is -0.508 e. The van der Waals surface area contributed by atoms with Crippen LogP contribution in [0.25, 0.3) is 0 Å². The van der Waals surface area contributed by atoms with Crippen LogP contribution < -0.4 is 4.90 Å². The van der Waals surface area contributed by atoms with Gasteiger partial charge in [0.25, 0.3) is 0 Å². The number of nitrogens with zero attached hydrogens (tertiary/aromatic N) is 1. The maximum atomic E-state index is 15.4. The number of phenols is 1. The normalized spacial score (nSPS) is 48.1. The number of carbonyl (C=O) groups excluding carboxylic acids is 2. The van der Waals surface area contributed by atoms with Gasteiger partial charge in [-0.1, -0.05) is 62.1 Å². The number of rotatable bonds is 4. The van der Waals surface area contributed by atoms with Crippen molar-refractivity contribution in [2.24, 2.45) is 56.7 Å². The SMILES string of the molecule is CC(C)[C@@H](C)[C@@H]1O[C@H]1[C@](C)(O)[C@H]1CC[C@@]2(O)C3=CC(=O)[C@]45CSSC[C@H]6CCCC[C@]67CCN(C7=O)c6cc(O)cc(c6)CC[C@@]12CC[C@@]31CC[C@@H]([C@H](O)[C@H](O)C4)[C@@]51C. The number of carbonyl (C=O) groups is 2. The van der Waals surface area contributed by atoms with Crippen molar-refractivity contribution in [3.05, 3.63) is 35.4 Å². The van der Waals surface area contributed by atoms with Crippen LogP contribution >= 0.6 is 21.6 Å². The van der Waals surface area contributed by atoms with E-state index in [0.717, 1.165) is 61.1 Å². The fourth-order valence-corrected chi connectivity index (χ4v) is 19.4. The number of fused-ring (bicyclic) bond motifs is 2. The number of hydrogen-bond donors (Lipinski definition) is 5. The highest BCUT2D eigenvalue weighted by atomic mass is 33.1. The van der Waals surface area contributed by atoms with Gasteiger partial charge in [-0.05, 0) is 148 Å². The molecular weight excluding hydrogens is 783 g/mol. The highest BCUT2D eigenvalue weighted by Gasteiger charge is 2.81. The third-order valence-corrected chi connectivity index (χ3v) is 22.4. The molecule has 5 saturated carbocycles. The second-order valence-corrected chi connectivity index (χ2v) is 24.4. The summed E-state index contributed by atoms with van der Waals surface area (Å²) in [6, 6.07) is 5.58. The number of hydrogen-bond acceptors (Lipinski definition) is 10. The van der Waals surface area contributed by atoms with Crippen molar-refractivity contribution in [1.29, 1.82) is 0 Å². The molecule has 0 unspecified atom stereocenters. The quantitative estimate of drug-likeness (QED) is 0.153. The van der Waals surface area contributed by atoms with E-state index in [1.165, 1.54) is 0 Å². The first-order valence-electron chi connectivity index (χ1n) is 23.1. The number of aromatic hydroxyl groups is 1. The Labute approximate surface area is 358 Å². The lowest BCUT2D eigenvalue weighted by Gasteiger charge is -2.69. The molecule has 1 aromatic rings. The van der Waals surface area contributed by atoms with E-state index in [-0.39, 0.29) is 59.7 Å². The van der Waals surface area contributed by atoms with Gasteiger partial charge in [-0.2, -0.15) is 0 Å². The van der Waals surface area contributed by atoms with Crippen molar-refractivity contribution < 1.29 is 39.9 Å². The number of aliphatic hydroxyl groups is 4. The van der Waals surface area contributed by atoms with Gasteiger partial charge in [0.15, 0.2) is 5.78 Å². The number of aliphatic hydroxyl groups excluding tert-OH is 2. The van der Waals surface area contributed by atoms with Gasteiger partial charge in [-0.15, -0.1) is 0 Å². The third kappa shape index (κ3) is 5.30. The molecule has 5 aliphatic heterocycles. The van der Waals surface area contributed by atoms with Crippen LogP contribution in [0.5, 0.6) is 5.75 Å². The van der Waals surface area contributed by atoms with Gasteiger partial charge in [0.2, 0.25) is 5.91 Å². The van der Waals surface area contributed by atoms with E-state index in [2.05, 4.69) is 33.8 Å². The lowest BCUT2D eigenvalue weighted by molar-refractivity contribution is -0.213. The molecule has 8 bridgehead atoms. The number of epoxide rings is 1. The van der Waals surface area contributed by atoms with Gasteiger partial charge >= 0.3 is 0 Å². The first kappa shape index (κ1) is 41.4. The monoisotopic (exact) mass is 849 g/mol. The average Bonchev–Trinajstić information content (AvgIpc) is 3.76. The molecule has 1 aromatic carbocycles. The maximum absolute atomic E-state index is 15.4. The first-order valence-corrected chi connectivity index (χ1v) is 25.5. The number of amides is 1. The fraction of sp³-hybridized carbons (Fsp3) is 0.792. The Balaban J connectivity index is 1.13. The Kier molecular flexibility index (Phi) is 9.62. The third-order valence-electron chi connectivity index (χ3n) is 19.8. The molecule has 2 saturated heterocycles. The zero-order valence-electron chi connectivity index (χ0n) is 35.8. The number of anilines is 1. The van der Waals surface area contributed by atoms with E-state index in [0.29, 0.717) is 63.2 Å². The van der Waals surface area contributed by atoms with Gasteiger partial charge in [-0.3, -0.25) is 9.59 Å². The lowest BCUT2D eigenvalue weighted by atomic mass is 9.35. The zero-order chi connectivity index (χ0) is 41.7. The number of allylic oxidation sites excluding steroid dienone is 1. The maximum Gasteiger partial charge on any atom is 0.233 e. The van der Waals surface area contributed by atoms with Crippen LogP contribution in [-0.2, 0) is 20.7 Å². The van der Waals surface area contributed by atoms with Gasteiger partial charge in [0.1, 0.15) is 11.9 Å². The summed E-state index contributed by atoms with van der Waals surface area (Å²) in [5, 5.41) is 61.5. The van der Waals surface area contributed by atoms with E-state index in [1.807, 2.05) is 17.9 Å². The van der Waals surface area contributed by atoms with Crippen LogP contribution in [0.15, 0.2) is 29.8 Å². The summed E-state index contributed by atoms with van der Waals surface area (Å²) in [5.74, 6) is 1.71. The smallest absolute Gasteiger partial charge is 0.233 e. The first-order chi connectivity index (χ1) is 27.9. The summed E-state index contributed by atoms with van der Waals surface area (Å²) in [6.45, 7) is 11.3. The van der Waals surface area contributed by atoms with Gasteiger partial charge < -0.3 is 35.2 Å². The second kappa shape index (κ2) is 13.7. The van der Waals surface area contributed by atoms with Crippen molar-refractivity contribution in [3.8, 4) is 5.75 Å². The largest absolute Gasteiger partial charge is 0.508 e. The number of aryl methyl sites for hydroxylation is 1. The molecule has 0 radical (unpaired) electrons. The van der Waals surface area contributed by atoms with Crippen LogP contribution in [0, 0.1) is 56.7 Å². The van der Waals surface area contributed by atoms with Crippen LogP contribution in [0.4, 0.5) is 5.69 Å².